The second-order valence-corrected chi connectivity index (χ2v) is 8.89. The number of amides is 2. The molecule has 33 heavy (non-hydrogen) atoms. The van der Waals surface area contributed by atoms with Crippen LogP contribution < -0.4 is 5.69 Å². The topological polar surface area (TPSA) is 93.3 Å². The van der Waals surface area contributed by atoms with Gasteiger partial charge in [0.1, 0.15) is 6.54 Å². The summed E-state index contributed by atoms with van der Waals surface area (Å²) < 4.78 is 3.09. The number of imidazole rings is 1. The summed E-state index contributed by atoms with van der Waals surface area (Å²) in [5, 5.41) is 0. The van der Waals surface area contributed by atoms with Crippen molar-refractivity contribution in [3.63, 3.8) is 0 Å². The zero-order chi connectivity index (χ0) is 23.1. The normalized spacial score (nSPS) is 18.4. The van der Waals surface area contributed by atoms with Gasteiger partial charge in [0.25, 0.3) is 5.91 Å². The number of benzene rings is 1. The summed E-state index contributed by atoms with van der Waals surface area (Å²) in [6, 6.07) is 7.22. The highest BCUT2D eigenvalue weighted by molar-refractivity contribution is 5.95. The van der Waals surface area contributed by atoms with Gasteiger partial charge in [-0.3, -0.25) is 18.7 Å². The van der Waals surface area contributed by atoms with Crippen LogP contribution in [0.2, 0.25) is 0 Å². The highest BCUT2D eigenvalue weighted by Gasteiger charge is 2.33. The van der Waals surface area contributed by atoms with Crippen molar-refractivity contribution >= 4 is 22.8 Å². The summed E-state index contributed by atoms with van der Waals surface area (Å²) in [6.07, 6.45) is 5.27. The third kappa shape index (κ3) is 3.71. The van der Waals surface area contributed by atoms with Gasteiger partial charge >= 0.3 is 5.69 Å². The van der Waals surface area contributed by atoms with Crippen LogP contribution >= 0.6 is 0 Å². The first-order chi connectivity index (χ1) is 16.0. The first-order valence-corrected chi connectivity index (χ1v) is 11.5. The van der Waals surface area contributed by atoms with E-state index in [1.165, 1.54) is 4.57 Å². The van der Waals surface area contributed by atoms with Crippen LogP contribution in [0.4, 0.5) is 0 Å². The van der Waals surface area contributed by atoms with Crippen LogP contribution in [0.5, 0.6) is 0 Å². The molecule has 3 aromatic rings. The zero-order valence-corrected chi connectivity index (χ0v) is 19.0. The Kier molecular flexibility index (Phi) is 5.47. The molecule has 1 aromatic carbocycles. The molecule has 2 saturated heterocycles. The smallest absolute Gasteiger partial charge is 0.329 e. The molecule has 0 bridgehead atoms. The Bertz CT molecular complexity index is 1290. The minimum atomic E-state index is -0.252. The first kappa shape index (κ1) is 21.4. The lowest BCUT2D eigenvalue weighted by molar-refractivity contribution is -0.132. The number of fused-ring (bicyclic) bond motifs is 1. The van der Waals surface area contributed by atoms with E-state index in [0.29, 0.717) is 23.6 Å². The maximum Gasteiger partial charge on any atom is 0.329 e. The lowest BCUT2D eigenvalue weighted by atomic mass is 10.1. The quantitative estimate of drug-likeness (QED) is 0.609. The Hall–Kier alpha value is -3.49. The molecule has 2 aromatic heterocycles. The predicted octanol–water partition coefficient (Wildman–Crippen LogP) is 2.04. The molecule has 2 fully saturated rings. The number of hydrogen-bond donors (Lipinski definition) is 0. The van der Waals surface area contributed by atoms with E-state index in [0.717, 1.165) is 49.8 Å². The number of rotatable bonds is 4. The van der Waals surface area contributed by atoms with Crippen LogP contribution in [0.1, 0.15) is 53.6 Å². The van der Waals surface area contributed by atoms with E-state index in [-0.39, 0.29) is 30.1 Å². The molecule has 172 valence electrons. The molecule has 2 amide bonds. The van der Waals surface area contributed by atoms with Crippen molar-refractivity contribution in [1.29, 1.82) is 0 Å². The van der Waals surface area contributed by atoms with Crippen LogP contribution in [0.3, 0.4) is 0 Å². The average Bonchev–Trinajstić information content (AvgIpc) is 3.57. The van der Waals surface area contributed by atoms with E-state index in [2.05, 4.69) is 9.97 Å². The number of carbonyl (C=O) groups is 2. The van der Waals surface area contributed by atoms with Gasteiger partial charge in [-0.25, -0.2) is 14.8 Å². The predicted molar refractivity (Wildman–Crippen MR) is 123 cm³/mol. The fourth-order valence-corrected chi connectivity index (χ4v) is 5.02. The van der Waals surface area contributed by atoms with E-state index in [1.54, 1.807) is 22.7 Å². The van der Waals surface area contributed by atoms with Crippen molar-refractivity contribution in [1.82, 2.24) is 28.9 Å². The summed E-state index contributed by atoms with van der Waals surface area (Å²) in [5.74, 6) is 0.405. The number of likely N-dealkylation sites (tertiary alicyclic amines) is 2. The van der Waals surface area contributed by atoms with Gasteiger partial charge in [-0.15, -0.1) is 0 Å². The molecule has 0 saturated carbocycles. The fourth-order valence-electron chi connectivity index (χ4n) is 5.02. The molecule has 9 nitrogen and oxygen atoms in total. The van der Waals surface area contributed by atoms with Crippen LogP contribution in [-0.4, -0.2) is 60.4 Å². The molecular formula is C24H28N6O3. The van der Waals surface area contributed by atoms with Gasteiger partial charge in [-0.05, 0) is 44.7 Å². The van der Waals surface area contributed by atoms with Gasteiger partial charge in [0, 0.05) is 32.9 Å². The van der Waals surface area contributed by atoms with Gasteiger partial charge in [0.2, 0.25) is 5.91 Å². The number of aromatic nitrogens is 4. The largest absolute Gasteiger partial charge is 0.339 e. The highest BCUT2D eigenvalue weighted by atomic mass is 16.2. The fraction of sp³-hybridized carbons (Fsp3) is 0.458. The van der Waals surface area contributed by atoms with Crippen molar-refractivity contribution in [3.05, 3.63) is 58.0 Å². The van der Waals surface area contributed by atoms with Crippen LogP contribution in [0.25, 0.3) is 11.0 Å². The van der Waals surface area contributed by atoms with E-state index in [4.69, 9.17) is 0 Å². The molecule has 5 rings (SSSR count). The van der Waals surface area contributed by atoms with E-state index in [1.807, 2.05) is 36.1 Å². The highest BCUT2D eigenvalue weighted by Crippen LogP contribution is 2.30. The summed E-state index contributed by atoms with van der Waals surface area (Å²) >= 11 is 0. The standard InChI is InChI=1S/C24H28N6O3/c1-16-17(23(32)28-11-5-6-12-28)14-25-22(26-16)20-10-7-13-29(20)21(31)15-30-19-9-4-3-8-18(19)27(2)24(30)33/h3-4,8-9,14,20H,5-7,10-13,15H2,1-2H3. The third-order valence-electron chi connectivity index (χ3n) is 6.84. The van der Waals surface area contributed by atoms with Gasteiger partial charge < -0.3 is 9.80 Å². The number of aryl methyl sites for hydroxylation is 2. The summed E-state index contributed by atoms with van der Waals surface area (Å²) in [4.78, 5) is 51.5. The molecule has 9 heteroatoms. The first-order valence-electron chi connectivity index (χ1n) is 11.5. The number of hydrogen-bond acceptors (Lipinski definition) is 5. The van der Waals surface area contributed by atoms with Gasteiger partial charge in [-0.1, -0.05) is 12.1 Å². The second kappa shape index (κ2) is 8.46. The lowest BCUT2D eigenvalue weighted by Crippen LogP contribution is -2.37. The summed E-state index contributed by atoms with van der Waals surface area (Å²) in [5.41, 5.74) is 2.49. The molecule has 1 atom stereocenters. The van der Waals surface area contributed by atoms with Gasteiger partial charge in [-0.2, -0.15) is 0 Å². The number of carbonyl (C=O) groups excluding carboxylic acids is 2. The van der Waals surface area contributed by atoms with Gasteiger partial charge in [0.05, 0.1) is 28.3 Å². The van der Waals surface area contributed by atoms with E-state index >= 15 is 0 Å². The molecule has 4 heterocycles. The number of para-hydroxylation sites is 2. The Labute approximate surface area is 191 Å². The Balaban J connectivity index is 1.38. The molecule has 2 aliphatic heterocycles. The molecule has 0 radical (unpaired) electrons. The molecule has 0 spiro atoms. The van der Waals surface area contributed by atoms with Crippen LogP contribution in [0.15, 0.2) is 35.3 Å². The second-order valence-electron chi connectivity index (χ2n) is 8.89. The van der Waals surface area contributed by atoms with Crippen molar-refractivity contribution in [2.45, 2.75) is 45.2 Å². The van der Waals surface area contributed by atoms with Gasteiger partial charge in [0.15, 0.2) is 5.82 Å². The Morgan fingerprint density at radius 2 is 1.79 bits per heavy atom. The Morgan fingerprint density at radius 3 is 2.52 bits per heavy atom. The molecular weight excluding hydrogens is 420 g/mol. The molecule has 1 unspecified atom stereocenters. The number of nitrogens with zero attached hydrogens (tertiary/aromatic N) is 6. The zero-order valence-electron chi connectivity index (χ0n) is 19.0. The SMILES string of the molecule is Cc1nc(C2CCCN2C(=O)Cn2c(=O)n(C)c3ccccc32)ncc1C(=O)N1CCCC1. The van der Waals surface area contributed by atoms with Crippen molar-refractivity contribution in [2.75, 3.05) is 19.6 Å². The summed E-state index contributed by atoms with van der Waals surface area (Å²) in [6.45, 7) is 3.95. The Morgan fingerprint density at radius 1 is 1.06 bits per heavy atom. The average molecular weight is 449 g/mol. The molecule has 2 aliphatic rings. The summed E-state index contributed by atoms with van der Waals surface area (Å²) in [7, 11) is 1.71. The van der Waals surface area contributed by atoms with Crippen molar-refractivity contribution in [2.24, 2.45) is 7.05 Å². The lowest BCUT2D eigenvalue weighted by Gasteiger charge is -2.24. The van der Waals surface area contributed by atoms with E-state index in [9.17, 15) is 14.4 Å². The van der Waals surface area contributed by atoms with E-state index < -0.39 is 0 Å². The van der Waals surface area contributed by atoms with Crippen molar-refractivity contribution in [3.8, 4) is 0 Å². The van der Waals surface area contributed by atoms with Crippen LogP contribution in [0, 0.1) is 6.92 Å². The molecule has 0 aliphatic carbocycles. The van der Waals surface area contributed by atoms with Crippen molar-refractivity contribution < 1.29 is 9.59 Å². The maximum atomic E-state index is 13.3. The van der Waals surface area contributed by atoms with Crippen LogP contribution in [-0.2, 0) is 18.4 Å². The minimum Gasteiger partial charge on any atom is -0.339 e. The monoisotopic (exact) mass is 448 g/mol. The minimum absolute atomic E-state index is 0.0220. The molecule has 0 N–H and O–H groups in total. The third-order valence-corrected chi connectivity index (χ3v) is 6.84. The maximum absolute atomic E-state index is 13.3.